The van der Waals surface area contributed by atoms with Gasteiger partial charge in [-0.15, -0.1) is 0 Å². The molecular formula is C15H20ClN3. The van der Waals surface area contributed by atoms with Crippen LogP contribution in [-0.2, 0) is 13.1 Å². The first kappa shape index (κ1) is 14.1. The Hall–Kier alpha value is -1.32. The first-order chi connectivity index (χ1) is 9.19. The van der Waals surface area contributed by atoms with Gasteiger partial charge in [0.2, 0.25) is 0 Å². The molecule has 102 valence electrons. The second-order valence-corrected chi connectivity index (χ2v) is 5.18. The van der Waals surface area contributed by atoms with E-state index in [0.717, 1.165) is 35.8 Å². The quantitative estimate of drug-likeness (QED) is 0.820. The third-order valence-electron chi connectivity index (χ3n) is 2.97. The average molecular weight is 278 g/mol. The summed E-state index contributed by atoms with van der Waals surface area (Å²) >= 11 is 6.24. The molecule has 0 saturated heterocycles. The minimum absolute atomic E-state index is 0.715. The summed E-state index contributed by atoms with van der Waals surface area (Å²) in [5.74, 6) is 0. The van der Waals surface area contributed by atoms with Crippen LogP contribution in [0.3, 0.4) is 0 Å². The van der Waals surface area contributed by atoms with E-state index < -0.39 is 0 Å². The third-order valence-corrected chi connectivity index (χ3v) is 3.32. The monoisotopic (exact) mass is 277 g/mol. The third kappa shape index (κ3) is 4.08. The predicted molar refractivity (Wildman–Crippen MR) is 79.5 cm³/mol. The molecule has 0 fully saturated rings. The van der Waals surface area contributed by atoms with Crippen LogP contribution in [0.25, 0.3) is 0 Å². The van der Waals surface area contributed by atoms with Crippen molar-refractivity contribution in [1.29, 1.82) is 0 Å². The summed E-state index contributed by atoms with van der Waals surface area (Å²) < 4.78 is 1.93. The number of hydrogen-bond acceptors (Lipinski definition) is 2. The highest BCUT2D eigenvalue weighted by Gasteiger charge is 2.03. The molecule has 2 aromatic rings. The molecule has 3 nitrogen and oxygen atoms in total. The maximum atomic E-state index is 6.24. The largest absolute Gasteiger partial charge is 0.311 e. The molecule has 0 saturated carbocycles. The topological polar surface area (TPSA) is 29.9 Å². The Labute approximate surface area is 119 Å². The molecule has 1 heterocycles. The highest BCUT2D eigenvalue weighted by atomic mass is 35.5. The summed E-state index contributed by atoms with van der Waals surface area (Å²) in [7, 11) is 0. The van der Waals surface area contributed by atoms with Crippen molar-refractivity contribution in [1.82, 2.24) is 15.1 Å². The summed E-state index contributed by atoms with van der Waals surface area (Å²) in [6.45, 7) is 6.76. The molecule has 0 unspecified atom stereocenters. The Morgan fingerprint density at radius 1 is 1.32 bits per heavy atom. The van der Waals surface area contributed by atoms with Crippen molar-refractivity contribution in [2.75, 3.05) is 6.54 Å². The zero-order valence-electron chi connectivity index (χ0n) is 11.5. The summed E-state index contributed by atoms with van der Waals surface area (Å²) in [4.78, 5) is 0. The van der Waals surface area contributed by atoms with E-state index in [1.54, 1.807) is 0 Å². The van der Waals surface area contributed by atoms with Gasteiger partial charge in [0.25, 0.3) is 0 Å². The van der Waals surface area contributed by atoms with Crippen LogP contribution in [0.15, 0.2) is 30.5 Å². The summed E-state index contributed by atoms with van der Waals surface area (Å²) in [6.07, 6.45) is 3.14. The van der Waals surface area contributed by atoms with Gasteiger partial charge >= 0.3 is 0 Å². The minimum atomic E-state index is 0.715. The lowest BCUT2D eigenvalue weighted by Gasteiger charge is -2.05. The highest BCUT2D eigenvalue weighted by Crippen LogP contribution is 2.18. The zero-order chi connectivity index (χ0) is 13.7. The Morgan fingerprint density at radius 3 is 2.89 bits per heavy atom. The van der Waals surface area contributed by atoms with Crippen LogP contribution in [0.1, 0.15) is 30.2 Å². The van der Waals surface area contributed by atoms with E-state index in [-0.39, 0.29) is 0 Å². The van der Waals surface area contributed by atoms with Crippen LogP contribution in [0.4, 0.5) is 0 Å². The fraction of sp³-hybridized carbons (Fsp3) is 0.400. The van der Waals surface area contributed by atoms with Crippen LogP contribution in [0.5, 0.6) is 0 Å². The van der Waals surface area contributed by atoms with Crippen molar-refractivity contribution in [3.63, 3.8) is 0 Å². The maximum Gasteiger partial charge on any atom is 0.0762 e. The number of halogens is 1. The number of aromatic nitrogens is 2. The Balaban J connectivity index is 1.99. The van der Waals surface area contributed by atoms with Crippen molar-refractivity contribution in [2.24, 2.45) is 0 Å². The first-order valence-corrected chi connectivity index (χ1v) is 7.05. The van der Waals surface area contributed by atoms with Crippen LogP contribution in [0.2, 0.25) is 5.02 Å². The number of aryl methyl sites for hydroxylation is 1. The maximum absolute atomic E-state index is 6.24. The lowest BCUT2D eigenvalue weighted by atomic mass is 10.1. The Kier molecular flexibility index (Phi) is 5.00. The van der Waals surface area contributed by atoms with Crippen LogP contribution in [-0.4, -0.2) is 16.3 Å². The van der Waals surface area contributed by atoms with E-state index in [2.05, 4.69) is 29.5 Å². The van der Waals surface area contributed by atoms with Crippen LogP contribution < -0.4 is 5.32 Å². The van der Waals surface area contributed by atoms with Crippen LogP contribution in [0, 0.1) is 6.92 Å². The van der Waals surface area contributed by atoms with Gasteiger partial charge in [0.15, 0.2) is 0 Å². The average Bonchev–Trinajstić information content (AvgIpc) is 2.81. The zero-order valence-corrected chi connectivity index (χ0v) is 12.2. The van der Waals surface area contributed by atoms with Gasteiger partial charge in [-0.25, -0.2) is 0 Å². The molecule has 1 aromatic heterocycles. The van der Waals surface area contributed by atoms with Gasteiger partial charge in [-0.05, 0) is 43.1 Å². The number of hydrogen-bond donors (Lipinski definition) is 1. The van der Waals surface area contributed by atoms with Crippen molar-refractivity contribution >= 4 is 11.6 Å². The molecule has 2 rings (SSSR count). The molecule has 0 radical (unpaired) electrons. The molecule has 1 aromatic carbocycles. The number of nitrogens with zero attached hydrogens (tertiary/aromatic N) is 2. The smallest absolute Gasteiger partial charge is 0.0762 e. The second kappa shape index (κ2) is 6.73. The van der Waals surface area contributed by atoms with Gasteiger partial charge in [0.1, 0.15) is 0 Å². The molecule has 0 aliphatic rings. The second-order valence-electron chi connectivity index (χ2n) is 4.78. The van der Waals surface area contributed by atoms with E-state index in [0.29, 0.717) is 6.54 Å². The van der Waals surface area contributed by atoms with Crippen molar-refractivity contribution < 1.29 is 0 Å². The van der Waals surface area contributed by atoms with Gasteiger partial charge in [0, 0.05) is 17.8 Å². The molecule has 1 N–H and O–H groups in total. The lowest BCUT2D eigenvalue weighted by Crippen LogP contribution is -2.14. The number of benzene rings is 1. The molecule has 0 atom stereocenters. The molecule has 19 heavy (non-hydrogen) atoms. The fourth-order valence-corrected chi connectivity index (χ4v) is 2.23. The summed E-state index contributed by atoms with van der Waals surface area (Å²) in [5.41, 5.74) is 3.35. The van der Waals surface area contributed by atoms with Gasteiger partial charge in [-0.1, -0.05) is 30.7 Å². The summed E-state index contributed by atoms with van der Waals surface area (Å²) in [6, 6.07) is 8.18. The standard InChI is InChI=1S/C15H20ClN3/c1-3-7-17-10-14-6-8-19(18-14)11-13-5-4-12(2)9-15(13)16/h4-6,8-9,17H,3,7,10-11H2,1-2H3. The molecule has 0 spiro atoms. The van der Waals surface area contributed by atoms with E-state index in [1.807, 2.05) is 29.9 Å². The first-order valence-electron chi connectivity index (χ1n) is 6.67. The SMILES string of the molecule is CCCNCc1ccn(Cc2ccc(C)cc2Cl)n1. The molecule has 0 aliphatic heterocycles. The van der Waals surface area contributed by atoms with E-state index in [1.165, 1.54) is 5.56 Å². The van der Waals surface area contributed by atoms with Crippen molar-refractivity contribution in [3.8, 4) is 0 Å². The number of rotatable bonds is 6. The lowest BCUT2D eigenvalue weighted by molar-refractivity contribution is 0.628. The molecular weight excluding hydrogens is 258 g/mol. The van der Waals surface area contributed by atoms with Gasteiger partial charge < -0.3 is 5.32 Å². The summed E-state index contributed by atoms with van der Waals surface area (Å²) in [5, 5.41) is 8.69. The normalized spacial score (nSPS) is 10.9. The Bertz CT molecular complexity index is 534. The van der Waals surface area contributed by atoms with Gasteiger partial charge in [-0.2, -0.15) is 5.10 Å². The van der Waals surface area contributed by atoms with Gasteiger partial charge in [-0.3, -0.25) is 4.68 Å². The van der Waals surface area contributed by atoms with Gasteiger partial charge in [0.05, 0.1) is 12.2 Å². The predicted octanol–water partition coefficient (Wildman–Crippen LogP) is 3.39. The van der Waals surface area contributed by atoms with Crippen molar-refractivity contribution in [3.05, 3.63) is 52.3 Å². The van der Waals surface area contributed by atoms with E-state index in [4.69, 9.17) is 11.6 Å². The molecule has 4 heteroatoms. The Morgan fingerprint density at radius 2 is 2.16 bits per heavy atom. The number of nitrogens with one attached hydrogen (secondary N) is 1. The van der Waals surface area contributed by atoms with E-state index in [9.17, 15) is 0 Å². The minimum Gasteiger partial charge on any atom is -0.311 e. The molecule has 0 bridgehead atoms. The van der Waals surface area contributed by atoms with Crippen LogP contribution >= 0.6 is 11.6 Å². The van der Waals surface area contributed by atoms with Crippen molar-refractivity contribution in [2.45, 2.75) is 33.4 Å². The fourth-order valence-electron chi connectivity index (χ4n) is 1.93. The van der Waals surface area contributed by atoms with E-state index >= 15 is 0 Å². The highest BCUT2D eigenvalue weighted by molar-refractivity contribution is 6.31. The molecule has 0 aliphatic carbocycles. The molecule has 0 amide bonds.